The Hall–Kier alpha value is -3.20. The molecule has 0 unspecified atom stereocenters. The van der Waals surface area contributed by atoms with Crippen LogP contribution >= 0.6 is 11.8 Å². The van der Waals surface area contributed by atoms with Gasteiger partial charge in [-0.1, -0.05) is 18.2 Å². The molecule has 3 heterocycles. The van der Waals surface area contributed by atoms with Gasteiger partial charge < -0.3 is 24.2 Å². The molecule has 2 aromatic rings. The van der Waals surface area contributed by atoms with E-state index in [9.17, 15) is 14.4 Å². The smallest absolute Gasteiger partial charge is 0.267 e. The van der Waals surface area contributed by atoms with E-state index in [0.29, 0.717) is 44.2 Å². The van der Waals surface area contributed by atoms with Crippen molar-refractivity contribution >= 4 is 35.2 Å². The zero-order valence-corrected chi connectivity index (χ0v) is 19.8. The fraction of sp³-hybridized carbons (Fsp3) is 0.400. The molecule has 178 valence electrons. The number of carbonyl (C=O) groups is 3. The van der Waals surface area contributed by atoms with Crippen molar-refractivity contribution in [3.05, 3.63) is 48.5 Å². The molecule has 2 atom stereocenters. The van der Waals surface area contributed by atoms with E-state index >= 15 is 0 Å². The van der Waals surface area contributed by atoms with Crippen LogP contribution in [0.5, 0.6) is 11.5 Å². The van der Waals surface area contributed by atoms with E-state index in [0.717, 1.165) is 10.6 Å². The molecule has 2 fully saturated rings. The molecule has 5 rings (SSSR count). The summed E-state index contributed by atoms with van der Waals surface area (Å²) in [4.78, 5) is 45.0. The number of nitrogens with zero attached hydrogens (tertiary/aromatic N) is 3. The maximum atomic E-state index is 13.2. The Labute approximate surface area is 202 Å². The first-order valence-electron chi connectivity index (χ1n) is 11.4. The van der Waals surface area contributed by atoms with Crippen molar-refractivity contribution in [3.8, 4) is 11.5 Å². The number of hydrogen-bond acceptors (Lipinski definition) is 6. The van der Waals surface area contributed by atoms with E-state index in [1.54, 1.807) is 32.5 Å². The minimum atomic E-state index is -0.685. The van der Waals surface area contributed by atoms with Crippen molar-refractivity contribution in [3.63, 3.8) is 0 Å². The van der Waals surface area contributed by atoms with Crippen LogP contribution in [0.2, 0.25) is 0 Å². The Morgan fingerprint density at radius 2 is 1.65 bits per heavy atom. The summed E-state index contributed by atoms with van der Waals surface area (Å²) in [5.74, 6) is 0.675. The lowest BCUT2D eigenvalue weighted by molar-refractivity contribution is -0.147. The second-order valence-corrected chi connectivity index (χ2v) is 9.50. The molecular weight excluding hydrogens is 454 g/mol. The van der Waals surface area contributed by atoms with E-state index in [-0.39, 0.29) is 36.7 Å². The molecule has 3 amide bonds. The number of thioether (sulfide) groups is 1. The summed E-state index contributed by atoms with van der Waals surface area (Å²) in [6.07, 6.45) is 1.53. The normalized spacial score (nSPS) is 22.1. The van der Waals surface area contributed by atoms with Gasteiger partial charge in [0, 0.05) is 49.7 Å². The SMILES string of the molecule is CSc1cccc(N2C[C@@H](C(=O)N3CCN(C(=O)[C@H]4COc5ccccc5O4)CC3)CC2=O)c1. The highest BCUT2D eigenvalue weighted by molar-refractivity contribution is 7.98. The number of para-hydroxylation sites is 2. The van der Waals surface area contributed by atoms with Gasteiger partial charge in [0.1, 0.15) is 6.61 Å². The molecule has 0 aliphatic carbocycles. The van der Waals surface area contributed by atoms with Gasteiger partial charge in [-0.15, -0.1) is 11.8 Å². The van der Waals surface area contributed by atoms with Gasteiger partial charge in [-0.2, -0.15) is 0 Å². The zero-order valence-electron chi connectivity index (χ0n) is 19.0. The first-order valence-corrected chi connectivity index (χ1v) is 12.7. The standard InChI is InChI=1S/C25H27N3O5S/c1-34-19-6-4-5-18(14-19)28-15-17(13-23(28)29)24(30)26-9-11-27(12-10-26)25(31)22-16-32-20-7-2-3-8-21(20)33-22/h2-8,14,17,22H,9-13,15-16H2,1H3/t17-,22+/m0/s1. The topological polar surface area (TPSA) is 79.4 Å². The molecule has 0 spiro atoms. The van der Waals surface area contributed by atoms with Crippen molar-refractivity contribution in [2.24, 2.45) is 5.92 Å². The minimum Gasteiger partial charge on any atom is -0.485 e. The van der Waals surface area contributed by atoms with Crippen molar-refractivity contribution < 1.29 is 23.9 Å². The lowest BCUT2D eigenvalue weighted by Gasteiger charge is -2.37. The van der Waals surface area contributed by atoms with Crippen LogP contribution in [-0.4, -0.2) is 79.2 Å². The molecule has 0 saturated carbocycles. The largest absolute Gasteiger partial charge is 0.485 e. The molecule has 0 radical (unpaired) electrons. The molecule has 34 heavy (non-hydrogen) atoms. The van der Waals surface area contributed by atoms with Crippen molar-refractivity contribution in [1.82, 2.24) is 9.80 Å². The molecule has 8 nitrogen and oxygen atoms in total. The van der Waals surface area contributed by atoms with Crippen LogP contribution in [0.25, 0.3) is 0 Å². The van der Waals surface area contributed by atoms with Crippen LogP contribution in [0.1, 0.15) is 6.42 Å². The fourth-order valence-electron chi connectivity index (χ4n) is 4.65. The second kappa shape index (κ2) is 9.58. The Balaban J connectivity index is 1.15. The number of hydrogen-bond donors (Lipinski definition) is 0. The number of fused-ring (bicyclic) bond motifs is 1. The molecule has 0 aromatic heterocycles. The van der Waals surface area contributed by atoms with Gasteiger partial charge >= 0.3 is 0 Å². The number of carbonyl (C=O) groups excluding carboxylic acids is 3. The predicted octanol–water partition coefficient (Wildman–Crippen LogP) is 2.27. The molecule has 0 bridgehead atoms. The van der Waals surface area contributed by atoms with Crippen LogP contribution in [0.3, 0.4) is 0 Å². The molecule has 3 aliphatic rings. The summed E-state index contributed by atoms with van der Waals surface area (Å²) >= 11 is 1.62. The summed E-state index contributed by atoms with van der Waals surface area (Å²) < 4.78 is 11.5. The van der Waals surface area contributed by atoms with Crippen molar-refractivity contribution in [2.45, 2.75) is 17.4 Å². The highest BCUT2D eigenvalue weighted by Crippen LogP contribution is 2.32. The molecular formula is C25H27N3O5S. The fourth-order valence-corrected chi connectivity index (χ4v) is 5.10. The van der Waals surface area contributed by atoms with Crippen LogP contribution in [0.4, 0.5) is 5.69 Å². The van der Waals surface area contributed by atoms with E-state index in [1.807, 2.05) is 48.7 Å². The third kappa shape index (κ3) is 4.44. The number of piperazine rings is 1. The van der Waals surface area contributed by atoms with Gasteiger partial charge in [-0.25, -0.2) is 0 Å². The molecule has 3 aliphatic heterocycles. The van der Waals surface area contributed by atoms with Crippen LogP contribution in [0.15, 0.2) is 53.4 Å². The van der Waals surface area contributed by atoms with Gasteiger partial charge in [0.05, 0.1) is 5.92 Å². The Kier molecular flexibility index (Phi) is 6.36. The van der Waals surface area contributed by atoms with Gasteiger partial charge in [-0.3, -0.25) is 14.4 Å². The monoisotopic (exact) mass is 481 g/mol. The molecule has 2 aromatic carbocycles. The van der Waals surface area contributed by atoms with Crippen molar-refractivity contribution in [1.29, 1.82) is 0 Å². The highest BCUT2D eigenvalue weighted by Gasteiger charge is 2.39. The van der Waals surface area contributed by atoms with Gasteiger partial charge in [-0.05, 0) is 36.6 Å². The van der Waals surface area contributed by atoms with Gasteiger partial charge in [0.15, 0.2) is 11.5 Å². The zero-order chi connectivity index (χ0) is 23.7. The highest BCUT2D eigenvalue weighted by atomic mass is 32.2. The number of amides is 3. The Morgan fingerprint density at radius 3 is 2.38 bits per heavy atom. The quantitative estimate of drug-likeness (QED) is 0.624. The first kappa shape index (κ1) is 22.6. The maximum absolute atomic E-state index is 13.2. The van der Waals surface area contributed by atoms with E-state index < -0.39 is 6.10 Å². The second-order valence-electron chi connectivity index (χ2n) is 8.62. The lowest BCUT2D eigenvalue weighted by atomic mass is 10.1. The van der Waals surface area contributed by atoms with Crippen LogP contribution < -0.4 is 14.4 Å². The Bertz CT molecular complexity index is 1100. The molecule has 2 saturated heterocycles. The summed E-state index contributed by atoms with van der Waals surface area (Å²) in [6.45, 7) is 2.33. The molecule has 0 N–H and O–H groups in total. The third-order valence-corrected chi connectivity index (χ3v) is 7.25. The lowest BCUT2D eigenvalue weighted by Crippen LogP contribution is -2.56. The van der Waals surface area contributed by atoms with Crippen LogP contribution in [0, 0.1) is 5.92 Å². The first-order chi connectivity index (χ1) is 16.5. The summed E-state index contributed by atoms with van der Waals surface area (Å²) in [5.41, 5.74) is 0.832. The van der Waals surface area contributed by atoms with Gasteiger partial charge in [0.25, 0.3) is 5.91 Å². The van der Waals surface area contributed by atoms with Gasteiger partial charge in [0.2, 0.25) is 17.9 Å². The minimum absolute atomic E-state index is 0.0184. The van der Waals surface area contributed by atoms with Crippen LogP contribution in [-0.2, 0) is 14.4 Å². The van der Waals surface area contributed by atoms with E-state index in [1.165, 1.54) is 0 Å². The Morgan fingerprint density at radius 1 is 0.941 bits per heavy atom. The summed E-state index contributed by atoms with van der Waals surface area (Å²) in [6, 6.07) is 15.1. The number of benzene rings is 2. The molecule has 9 heteroatoms. The van der Waals surface area contributed by atoms with E-state index in [4.69, 9.17) is 9.47 Å². The number of ether oxygens (including phenoxy) is 2. The number of rotatable bonds is 4. The average molecular weight is 482 g/mol. The average Bonchev–Trinajstić information content (AvgIpc) is 3.29. The number of anilines is 1. The van der Waals surface area contributed by atoms with Crippen molar-refractivity contribution in [2.75, 3.05) is 50.5 Å². The predicted molar refractivity (Wildman–Crippen MR) is 128 cm³/mol. The maximum Gasteiger partial charge on any atom is 0.267 e. The third-order valence-electron chi connectivity index (χ3n) is 6.53. The summed E-state index contributed by atoms with van der Waals surface area (Å²) in [5, 5.41) is 0. The van der Waals surface area contributed by atoms with E-state index in [2.05, 4.69) is 0 Å². The summed E-state index contributed by atoms with van der Waals surface area (Å²) in [7, 11) is 0.